The highest BCUT2D eigenvalue weighted by Crippen LogP contribution is 2.37. The van der Waals surface area contributed by atoms with Crippen LogP contribution in [0.3, 0.4) is 0 Å². The lowest BCUT2D eigenvalue weighted by molar-refractivity contribution is 0.00578. The molecule has 2 atom stereocenters. The van der Waals surface area contributed by atoms with Gasteiger partial charge in [-0.05, 0) is 80.8 Å². The number of ether oxygens (including phenoxy) is 2. The van der Waals surface area contributed by atoms with E-state index in [1.165, 1.54) is 17.4 Å². The summed E-state index contributed by atoms with van der Waals surface area (Å²) in [7, 11) is -1.11. The number of hydrogen-bond donors (Lipinski definition) is 0. The maximum atomic E-state index is 15.2. The molecule has 2 aliphatic rings. The Hall–Kier alpha value is -2.51. The molecule has 39 heavy (non-hydrogen) atoms. The van der Waals surface area contributed by atoms with Gasteiger partial charge in [-0.25, -0.2) is 23.2 Å². The molecule has 2 amide bonds. The summed E-state index contributed by atoms with van der Waals surface area (Å²) in [5.74, 6) is -0.959. The minimum Gasteiger partial charge on any atom is -0.443 e. The number of imide groups is 1. The molecule has 13 heteroatoms. The Kier molecular flexibility index (Phi) is 8.33. The average Bonchev–Trinajstić information content (AvgIpc) is 2.96. The molecular weight excluding hydrogens is 528 g/mol. The average molecular weight is 567 g/mol. The molecule has 0 bridgehead atoms. The van der Waals surface area contributed by atoms with Gasteiger partial charge in [-0.3, -0.25) is 4.31 Å². The van der Waals surface area contributed by atoms with E-state index in [2.05, 4.69) is 4.99 Å². The summed E-state index contributed by atoms with van der Waals surface area (Å²) in [6.07, 6.45) is -2.13. The van der Waals surface area contributed by atoms with Crippen LogP contribution in [0.5, 0.6) is 0 Å². The van der Waals surface area contributed by atoms with Crippen LogP contribution >= 0.6 is 0 Å². The molecule has 1 aromatic rings. The van der Waals surface area contributed by atoms with Crippen molar-refractivity contribution in [2.75, 3.05) is 12.8 Å². The summed E-state index contributed by atoms with van der Waals surface area (Å²) in [5.41, 5.74) is -2.43. The van der Waals surface area contributed by atoms with Gasteiger partial charge in [0, 0.05) is 12.6 Å². The lowest BCUT2D eigenvalue weighted by Crippen LogP contribution is -2.54. The Morgan fingerprint density at radius 1 is 1.05 bits per heavy atom. The molecule has 0 spiro atoms. The number of benzene rings is 1. The molecule has 2 aliphatic heterocycles. The van der Waals surface area contributed by atoms with E-state index in [-0.39, 0.29) is 17.3 Å². The fraction of sp³-hybridized carbons (Fsp3) is 0.654. The second kappa shape index (κ2) is 10.5. The van der Waals surface area contributed by atoms with Crippen molar-refractivity contribution in [3.63, 3.8) is 0 Å². The number of halogens is 1. The van der Waals surface area contributed by atoms with Gasteiger partial charge < -0.3 is 18.8 Å². The van der Waals surface area contributed by atoms with Crippen LogP contribution < -0.4 is 5.46 Å². The molecule has 0 saturated carbocycles. The van der Waals surface area contributed by atoms with Crippen LogP contribution in [0.15, 0.2) is 23.2 Å². The number of carbonyl (C=O) groups excluding carboxylic acids is 2. The summed E-state index contributed by atoms with van der Waals surface area (Å²) < 4.78 is 52.6. The van der Waals surface area contributed by atoms with Gasteiger partial charge in [0.2, 0.25) is 5.96 Å². The minimum atomic E-state index is -1.77. The van der Waals surface area contributed by atoms with Crippen LogP contribution in [0.1, 0.15) is 80.8 Å². The Morgan fingerprint density at radius 2 is 1.54 bits per heavy atom. The number of amides is 2. The Bertz CT molecular complexity index is 1150. The third-order valence-electron chi connectivity index (χ3n) is 6.42. The van der Waals surface area contributed by atoms with Crippen molar-refractivity contribution < 1.29 is 37.0 Å². The Morgan fingerprint density at radius 3 is 2.00 bits per heavy atom. The molecule has 0 aromatic heterocycles. The van der Waals surface area contributed by atoms with E-state index in [9.17, 15) is 13.8 Å². The third-order valence-corrected chi connectivity index (χ3v) is 7.79. The van der Waals surface area contributed by atoms with Crippen molar-refractivity contribution in [2.45, 2.75) is 97.7 Å². The first-order valence-corrected chi connectivity index (χ1v) is 14.0. The van der Waals surface area contributed by atoms with E-state index in [0.29, 0.717) is 10.4 Å². The maximum Gasteiger partial charge on any atom is 0.494 e. The molecule has 1 aromatic carbocycles. The van der Waals surface area contributed by atoms with E-state index in [0.717, 1.165) is 0 Å². The number of guanidine groups is 1. The molecular formula is C26H39BFN3O7S. The van der Waals surface area contributed by atoms with E-state index in [1.807, 2.05) is 27.7 Å². The zero-order valence-electron chi connectivity index (χ0n) is 24.6. The zero-order chi connectivity index (χ0) is 29.7. The smallest absolute Gasteiger partial charge is 0.443 e. The molecule has 2 unspecified atom stereocenters. The number of rotatable bonds is 2. The predicted octanol–water partition coefficient (Wildman–Crippen LogP) is 4.30. The molecule has 216 valence electrons. The SMILES string of the molecule is CN1C(N(C(=O)OC(C)(C)C)C(=O)OC(C)(C)C)=NC(c2cc(B3OC(C)(C)C(C)(C)O3)ccc2F)CS1=O. The molecule has 10 nitrogen and oxygen atoms in total. The summed E-state index contributed by atoms with van der Waals surface area (Å²) in [6.45, 7) is 17.5. The monoisotopic (exact) mass is 567 g/mol. The summed E-state index contributed by atoms with van der Waals surface area (Å²) in [5, 5.41) is 0. The fourth-order valence-corrected chi connectivity index (χ4v) is 4.81. The molecule has 0 radical (unpaired) electrons. The zero-order valence-corrected chi connectivity index (χ0v) is 25.4. The second-order valence-corrected chi connectivity index (χ2v) is 14.1. The second-order valence-electron chi connectivity index (χ2n) is 12.6. The van der Waals surface area contributed by atoms with Gasteiger partial charge in [0.1, 0.15) is 28.0 Å². The number of hydrogen-bond acceptors (Lipinski definition) is 8. The van der Waals surface area contributed by atoms with Crippen LogP contribution in [-0.2, 0) is 29.8 Å². The lowest BCUT2D eigenvalue weighted by Gasteiger charge is -2.35. The van der Waals surface area contributed by atoms with E-state index in [4.69, 9.17) is 18.8 Å². The Labute approximate surface area is 232 Å². The van der Waals surface area contributed by atoms with Crippen LogP contribution in [0.2, 0.25) is 0 Å². The molecule has 0 aliphatic carbocycles. The standard InChI is InChI=1S/C26H39BFN3O7S/c1-23(2,3)35-21(32)31(22(33)36-24(4,5)6)20-29-19(15-39(34)30(20)11)17-14-16(12-13-18(17)28)27-37-25(7,8)26(9,10)38-27/h12-14,19H,15H2,1-11H3. The number of carbonyl (C=O) groups is 2. The van der Waals surface area contributed by atoms with Gasteiger partial charge in [0.05, 0.1) is 23.0 Å². The largest absolute Gasteiger partial charge is 0.494 e. The molecule has 3 rings (SSSR count). The topological polar surface area (TPSA) is 107 Å². The minimum absolute atomic E-state index is 0.0831. The van der Waals surface area contributed by atoms with Gasteiger partial charge in [0.15, 0.2) is 0 Å². The third kappa shape index (κ3) is 6.99. The molecule has 1 fully saturated rings. The normalized spacial score (nSPS) is 22.8. The first-order chi connectivity index (χ1) is 17.6. The maximum absolute atomic E-state index is 15.2. The van der Waals surface area contributed by atoms with Gasteiger partial charge >= 0.3 is 19.3 Å². The van der Waals surface area contributed by atoms with Crippen LogP contribution in [0.25, 0.3) is 0 Å². The van der Waals surface area contributed by atoms with Gasteiger partial charge in [0.25, 0.3) is 0 Å². The molecule has 0 N–H and O–H groups in total. The van der Waals surface area contributed by atoms with Crippen molar-refractivity contribution in [1.82, 2.24) is 9.21 Å². The first kappa shape index (κ1) is 31.0. The number of nitrogens with zero attached hydrogens (tertiary/aromatic N) is 3. The van der Waals surface area contributed by atoms with Crippen LogP contribution in [0, 0.1) is 5.82 Å². The summed E-state index contributed by atoms with van der Waals surface area (Å²) >= 11 is 0. The van der Waals surface area contributed by atoms with Crippen LogP contribution in [0.4, 0.5) is 14.0 Å². The van der Waals surface area contributed by atoms with Crippen molar-refractivity contribution >= 4 is 41.7 Å². The molecule has 2 heterocycles. The van der Waals surface area contributed by atoms with Crippen molar-refractivity contribution in [2.24, 2.45) is 4.99 Å². The van der Waals surface area contributed by atoms with E-state index < -0.39 is 64.6 Å². The highest BCUT2D eigenvalue weighted by atomic mass is 32.2. The quantitative estimate of drug-likeness (QED) is 0.491. The van der Waals surface area contributed by atoms with E-state index in [1.54, 1.807) is 53.7 Å². The highest BCUT2D eigenvalue weighted by Gasteiger charge is 2.52. The number of aliphatic imine (C=N–C) groups is 1. The van der Waals surface area contributed by atoms with Crippen molar-refractivity contribution in [3.8, 4) is 0 Å². The van der Waals surface area contributed by atoms with Crippen molar-refractivity contribution in [3.05, 3.63) is 29.6 Å². The van der Waals surface area contributed by atoms with Gasteiger partial charge in [-0.15, -0.1) is 4.90 Å². The highest BCUT2D eigenvalue weighted by molar-refractivity contribution is 7.83. The summed E-state index contributed by atoms with van der Waals surface area (Å²) in [4.78, 5) is 31.5. The summed E-state index contributed by atoms with van der Waals surface area (Å²) in [6, 6.07) is 3.39. The van der Waals surface area contributed by atoms with Gasteiger partial charge in [-0.1, -0.05) is 12.1 Å². The predicted molar refractivity (Wildman–Crippen MR) is 147 cm³/mol. The first-order valence-electron chi connectivity index (χ1n) is 12.7. The van der Waals surface area contributed by atoms with Gasteiger partial charge in [-0.2, -0.15) is 0 Å². The lowest BCUT2D eigenvalue weighted by atomic mass is 9.78. The molecule has 1 saturated heterocycles. The van der Waals surface area contributed by atoms with Crippen LogP contribution in [-0.4, -0.2) is 73.9 Å². The van der Waals surface area contributed by atoms with E-state index >= 15 is 4.39 Å². The fourth-order valence-electron chi connectivity index (χ4n) is 3.75. The Balaban J connectivity index is 2.06. The van der Waals surface area contributed by atoms with Crippen molar-refractivity contribution in [1.29, 1.82) is 0 Å².